The first-order chi connectivity index (χ1) is 8.86. The highest BCUT2D eigenvalue weighted by Gasteiger charge is 2.53. The van der Waals surface area contributed by atoms with Crippen LogP contribution in [0.15, 0.2) is 24.3 Å². The Balaban J connectivity index is 2.60. The first-order valence-electron chi connectivity index (χ1n) is 7.61. The van der Waals surface area contributed by atoms with Crippen LogP contribution in [0.3, 0.4) is 0 Å². The summed E-state index contributed by atoms with van der Waals surface area (Å²) in [6.07, 6.45) is 2.54. The highest BCUT2D eigenvalue weighted by Crippen LogP contribution is 2.58. The quantitative estimate of drug-likeness (QED) is 0.691. The first-order valence-corrected chi connectivity index (χ1v) is 7.61. The highest BCUT2D eigenvalue weighted by molar-refractivity contribution is 5.41. The summed E-state index contributed by atoms with van der Waals surface area (Å²) >= 11 is 0. The Hall–Kier alpha value is -0.980. The van der Waals surface area contributed by atoms with Crippen molar-refractivity contribution in [1.29, 1.82) is 0 Å². The molecule has 0 radical (unpaired) electrons. The molecule has 1 nitrogen and oxygen atoms in total. The Kier molecular flexibility index (Phi) is 3.68. The maximum atomic E-state index is 6.36. The minimum Gasteiger partial charge on any atom is -0.490 e. The molecule has 0 amide bonds. The zero-order valence-electron chi connectivity index (χ0n) is 13.3. The number of hydrogen-bond acceptors (Lipinski definition) is 1. The molecular weight excluding hydrogens is 232 g/mol. The van der Waals surface area contributed by atoms with Gasteiger partial charge in [0.1, 0.15) is 11.9 Å². The van der Waals surface area contributed by atoms with Gasteiger partial charge in [0.05, 0.1) is 0 Å². The van der Waals surface area contributed by atoms with Crippen molar-refractivity contribution in [3.05, 3.63) is 29.8 Å². The zero-order valence-corrected chi connectivity index (χ0v) is 13.3. The second-order valence-electron chi connectivity index (χ2n) is 7.05. The van der Waals surface area contributed by atoms with E-state index in [-0.39, 0.29) is 10.8 Å². The third kappa shape index (κ3) is 2.07. The van der Waals surface area contributed by atoms with Crippen LogP contribution in [0.1, 0.15) is 65.9 Å². The maximum absolute atomic E-state index is 6.36. The number of rotatable bonds is 2. The molecule has 106 valence electrons. The summed E-state index contributed by atoms with van der Waals surface area (Å²) in [5, 5.41) is 0. The van der Waals surface area contributed by atoms with E-state index in [0.717, 1.165) is 12.2 Å². The van der Waals surface area contributed by atoms with Crippen molar-refractivity contribution in [1.82, 2.24) is 0 Å². The summed E-state index contributed by atoms with van der Waals surface area (Å²) < 4.78 is 6.36. The van der Waals surface area contributed by atoms with Crippen molar-refractivity contribution in [2.75, 3.05) is 0 Å². The van der Waals surface area contributed by atoms with Crippen LogP contribution in [0.5, 0.6) is 5.75 Å². The fourth-order valence-electron chi connectivity index (χ4n) is 3.86. The molecule has 0 N–H and O–H groups in total. The fraction of sp³-hybridized carbons (Fsp3) is 0.667. The van der Waals surface area contributed by atoms with Crippen molar-refractivity contribution in [2.24, 2.45) is 10.8 Å². The lowest BCUT2D eigenvalue weighted by Gasteiger charge is -2.55. The Morgan fingerprint density at radius 3 is 2.26 bits per heavy atom. The minimum absolute atomic E-state index is 0.171. The summed E-state index contributed by atoms with van der Waals surface area (Å²) in [5.41, 5.74) is 1.79. The Morgan fingerprint density at radius 1 is 1.11 bits per heavy atom. The molecule has 3 atom stereocenters. The van der Waals surface area contributed by atoms with Crippen LogP contribution in [0.2, 0.25) is 0 Å². The van der Waals surface area contributed by atoms with Crippen molar-refractivity contribution < 1.29 is 4.74 Å². The molecule has 2 rings (SSSR count). The molecule has 0 aromatic heterocycles. The molecule has 0 saturated carbocycles. The summed E-state index contributed by atoms with van der Waals surface area (Å²) in [4.78, 5) is 0. The first kappa shape index (κ1) is 14.4. The van der Waals surface area contributed by atoms with E-state index in [0.29, 0.717) is 12.0 Å². The molecule has 1 aliphatic heterocycles. The number of benzene rings is 1. The predicted octanol–water partition coefficient (Wildman–Crippen LogP) is 5.40. The predicted molar refractivity (Wildman–Crippen MR) is 81.7 cm³/mol. The van der Waals surface area contributed by atoms with E-state index in [9.17, 15) is 0 Å². The van der Waals surface area contributed by atoms with E-state index in [1.807, 2.05) is 0 Å². The summed E-state index contributed by atoms with van der Waals surface area (Å²) in [5.74, 6) is 1.67. The lowest BCUT2D eigenvalue weighted by molar-refractivity contribution is -0.0663. The monoisotopic (exact) mass is 260 g/mol. The molecule has 0 spiro atoms. The van der Waals surface area contributed by atoms with E-state index in [2.05, 4.69) is 65.8 Å². The van der Waals surface area contributed by atoms with Gasteiger partial charge in [-0.15, -0.1) is 0 Å². The lowest BCUT2D eigenvalue weighted by Crippen LogP contribution is -2.52. The molecule has 3 unspecified atom stereocenters. The summed E-state index contributed by atoms with van der Waals surface area (Å²) in [6.45, 7) is 14.0. The normalized spacial score (nSPS) is 30.6. The van der Waals surface area contributed by atoms with Gasteiger partial charge in [0.2, 0.25) is 0 Å². The molecule has 1 heterocycles. The maximum Gasteiger partial charge on any atom is 0.123 e. The third-order valence-corrected chi connectivity index (χ3v) is 5.35. The van der Waals surface area contributed by atoms with Crippen LogP contribution in [-0.4, -0.2) is 6.10 Å². The summed E-state index contributed by atoms with van der Waals surface area (Å²) in [6, 6.07) is 8.60. The fourth-order valence-corrected chi connectivity index (χ4v) is 3.86. The van der Waals surface area contributed by atoms with Crippen LogP contribution < -0.4 is 4.74 Å². The average Bonchev–Trinajstić information content (AvgIpc) is 2.36. The smallest absolute Gasteiger partial charge is 0.123 e. The molecule has 0 saturated heterocycles. The van der Waals surface area contributed by atoms with Gasteiger partial charge in [-0.1, -0.05) is 59.7 Å². The van der Waals surface area contributed by atoms with Gasteiger partial charge >= 0.3 is 0 Å². The van der Waals surface area contributed by atoms with Crippen LogP contribution in [0.25, 0.3) is 0 Å². The van der Waals surface area contributed by atoms with Crippen LogP contribution in [-0.2, 0) is 0 Å². The number of hydrogen-bond donors (Lipinski definition) is 0. The minimum atomic E-state index is 0.171. The van der Waals surface area contributed by atoms with Gasteiger partial charge in [-0.05, 0) is 35.8 Å². The van der Waals surface area contributed by atoms with Gasteiger partial charge in [-0.2, -0.15) is 0 Å². The van der Waals surface area contributed by atoms with Crippen molar-refractivity contribution in [3.63, 3.8) is 0 Å². The SMILES string of the molecule is CCC1Oc2ccccc2C(CC)C1(C)C(C)(C)C. The molecule has 1 aliphatic rings. The van der Waals surface area contributed by atoms with E-state index in [4.69, 9.17) is 4.74 Å². The van der Waals surface area contributed by atoms with Gasteiger partial charge in [0.25, 0.3) is 0 Å². The van der Waals surface area contributed by atoms with E-state index in [1.165, 1.54) is 12.0 Å². The number of ether oxygens (including phenoxy) is 1. The molecule has 0 bridgehead atoms. The van der Waals surface area contributed by atoms with E-state index < -0.39 is 0 Å². The van der Waals surface area contributed by atoms with Gasteiger partial charge in [0.15, 0.2) is 0 Å². The highest BCUT2D eigenvalue weighted by atomic mass is 16.5. The van der Waals surface area contributed by atoms with Crippen LogP contribution in [0, 0.1) is 10.8 Å². The largest absolute Gasteiger partial charge is 0.490 e. The van der Waals surface area contributed by atoms with Crippen molar-refractivity contribution >= 4 is 0 Å². The summed E-state index contributed by atoms with van der Waals surface area (Å²) in [7, 11) is 0. The van der Waals surface area contributed by atoms with Gasteiger partial charge in [0, 0.05) is 5.41 Å². The van der Waals surface area contributed by atoms with Gasteiger partial charge in [-0.25, -0.2) is 0 Å². The number of fused-ring (bicyclic) bond motifs is 1. The molecule has 1 aromatic carbocycles. The van der Waals surface area contributed by atoms with Crippen LogP contribution in [0.4, 0.5) is 0 Å². The van der Waals surface area contributed by atoms with E-state index >= 15 is 0 Å². The van der Waals surface area contributed by atoms with E-state index in [1.54, 1.807) is 0 Å². The molecule has 0 aliphatic carbocycles. The van der Waals surface area contributed by atoms with Crippen molar-refractivity contribution in [3.8, 4) is 5.75 Å². The molecule has 0 fully saturated rings. The number of para-hydroxylation sites is 1. The topological polar surface area (TPSA) is 9.23 Å². The Labute approximate surface area is 118 Å². The Bertz CT molecular complexity index is 443. The average molecular weight is 260 g/mol. The van der Waals surface area contributed by atoms with Crippen molar-refractivity contribution in [2.45, 2.75) is 66.4 Å². The van der Waals surface area contributed by atoms with Gasteiger partial charge < -0.3 is 4.74 Å². The second-order valence-corrected chi connectivity index (χ2v) is 7.05. The molecule has 1 heteroatoms. The lowest BCUT2D eigenvalue weighted by atomic mass is 9.54. The zero-order chi connectivity index (χ0) is 14.3. The molecule has 19 heavy (non-hydrogen) atoms. The second kappa shape index (κ2) is 4.85. The molecular formula is C18H28O. The van der Waals surface area contributed by atoms with Crippen LogP contribution >= 0.6 is 0 Å². The van der Waals surface area contributed by atoms with Gasteiger partial charge in [-0.3, -0.25) is 0 Å². The standard InChI is InChI=1S/C18H28O/c1-7-14-13-11-9-10-12-15(13)19-16(8-2)18(14,6)17(3,4)5/h9-12,14,16H,7-8H2,1-6H3. The Morgan fingerprint density at radius 2 is 1.74 bits per heavy atom. The third-order valence-electron chi connectivity index (χ3n) is 5.35. The molecule has 1 aromatic rings.